The Kier molecular flexibility index (Phi) is 37.0. The number of unbranched alkanes of at least 4 members (excludes halogenated alkanes) is 17. The van der Waals surface area contributed by atoms with E-state index in [1.54, 1.807) is 6.08 Å². The molecule has 77 heavy (non-hydrogen) atoms. The van der Waals surface area contributed by atoms with Crippen molar-refractivity contribution in [2.24, 2.45) is 0 Å². The zero-order valence-corrected chi connectivity index (χ0v) is 46.2. The van der Waals surface area contributed by atoms with E-state index in [0.29, 0.717) is 12.8 Å². The number of aliphatic hydroxyl groups is 11. The number of allylic oxidation sites excluding steroid dienone is 9. The molecule has 3 heterocycles. The Morgan fingerprint density at radius 1 is 0.468 bits per heavy atom. The Bertz CT molecular complexity index is 1650. The second-order valence-corrected chi connectivity index (χ2v) is 20.7. The van der Waals surface area contributed by atoms with Crippen molar-refractivity contribution in [1.29, 1.82) is 0 Å². The molecule has 0 aromatic carbocycles. The maximum absolute atomic E-state index is 13.3. The van der Waals surface area contributed by atoms with E-state index < -0.39 is 124 Å². The van der Waals surface area contributed by atoms with Crippen molar-refractivity contribution in [1.82, 2.24) is 5.32 Å². The molecule has 19 heteroatoms. The Hall–Kier alpha value is -2.51. The van der Waals surface area contributed by atoms with Crippen LogP contribution in [0.3, 0.4) is 0 Å². The molecule has 3 saturated heterocycles. The first-order valence-electron chi connectivity index (χ1n) is 29.0. The average molecular weight is 1100 g/mol. The minimum Gasteiger partial charge on any atom is -0.394 e. The van der Waals surface area contributed by atoms with Crippen molar-refractivity contribution in [3.05, 3.63) is 60.8 Å². The van der Waals surface area contributed by atoms with Gasteiger partial charge >= 0.3 is 0 Å². The molecule has 0 saturated carbocycles. The molecule has 0 aromatic rings. The average Bonchev–Trinajstić information content (AvgIpc) is 3.42. The lowest BCUT2D eigenvalue weighted by molar-refractivity contribution is -0.379. The van der Waals surface area contributed by atoms with Crippen LogP contribution in [0.2, 0.25) is 0 Å². The minimum absolute atomic E-state index is 0.220. The summed E-state index contributed by atoms with van der Waals surface area (Å²) in [7, 11) is 0. The van der Waals surface area contributed by atoms with Crippen molar-refractivity contribution < 1.29 is 89.4 Å². The summed E-state index contributed by atoms with van der Waals surface area (Å²) in [5, 5.41) is 120. The molecule has 3 rings (SSSR count). The summed E-state index contributed by atoms with van der Waals surface area (Å²) in [5.74, 6) is -0.302. The fourth-order valence-corrected chi connectivity index (χ4v) is 9.43. The standard InChI is InChI=1S/C58H101NO18/c1-3-5-7-9-11-13-15-17-19-20-21-22-24-26-28-30-32-34-36-46(64)59-41(42(63)35-33-31-29-27-25-23-18-16-14-12-10-8-6-4-2)40-72-56-52(70)49(67)54(44(38-61)74-56)77-58-53(71)50(68)55(45(39-62)75-58)76-57-51(69)48(66)47(65)43(37-60)73-57/h13-16,19-20,25,27,33,35,41-45,47-58,60-63,65-71H,3-12,17-18,21-24,26,28-32,34,36-40H2,1-2H3,(H,59,64)/b15-13-,16-14+,20-19-,27-25+,35-33+. The van der Waals surface area contributed by atoms with Crippen LogP contribution in [-0.2, 0) is 33.2 Å². The highest BCUT2D eigenvalue weighted by Gasteiger charge is 2.53. The van der Waals surface area contributed by atoms with Gasteiger partial charge in [0.25, 0.3) is 0 Å². The SMILES string of the molecule is CCCCCC/C=C\C/C=C\CCCCCCCCCC(=O)NC(COC1OC(CO)C(OC2OC(CO)C(OC3OC(CO)C(O)C(O)C3O)C(O)C2O)C(O)C1O)C(O)/C=C/CC/C=C/CC/C=C/CCCCCC. The Labute approximate surface area is 458 Å². The molecule has 0 bridgehead atoms. The van der Waals surface area contributed by atoms with Gasteiger partial charge in [-0.2, -0.15) is 0 Å². The molecule has 1 amide bonds. The van der Waals surface area contributed by atoms with E-state index in [2.05, 4.69) is 67.8 Å². The molecule has 3 aliphatic heterocycles. The number of ether oxygens (including phenoxy) is 6. The molecule has 17 unspecified atom stereocenters. The van der Waals surface area contributed by atoms with Gasteiger partial charge in [-0.15, -0.1) is 0 Å². The van der Waals surface area contributed by atoms with Crippen molar-refractivity contribution >= 4 is 5.91 Å². The lowest BCUT2D eigenvalue weighted by Gasteiger charge is -2.48. The fourth-order valence-electron chi connectivity index (χ4n) is 9.43. The largest absolute Gasteiger partial charge is 0.394 e. The first-order valence-corrected chi connectivity index (χ1v) is 29.0. The van der Waals surface area contributed by atoms with Crippen molar-refractivity contribution in [2.45, 2.75) is 272 Å². The molecule has 3 fully saturated rings. The number of nitrogens with one attached hydrogen (secondary N) is 1. The summed E-state index contributed by atoms with van der Waals surface area (Å²) in [6.07, 6.45) is 19.2. The van der Waals surface area contributed by atoms with Gasteiger partial charge in [-0.1, -0.05) is 145 Å². The molecule has 0 aliphatic carbocycles. The molecule has 19 nitrogen and oxygen atoms in total. The van der Waals surface area contributed by atoms with Crippen LogP contribution in [0.4, 0.5) is 0 Å². The highest BCUT2D eigenvalue weighted by Crippen LogP contribution is 2.33. The van der Waals surface area contributed by atoms with Crippen molar-refractivity contribution in [3.8, 4) is 0 Å². The number of hydrogen-bond donors (Lipinski definition) is 12. The Morgan fingerprint density at radius 3 is 1.38 bits per heavy atom. The van der Waals surface area contributed by atoms with Gasteiger partial charge in [-0.3, -0.25) is 4.79 Å². The molecule has 17 atom stereocenters. The summed E-state index contributed by atoms with van der Waals surface area (Å²) < 4.78 is 34.2. The quantitative estimate of drug-likeness (QED) is 0.0297. The Balaban J connectivity index is 1.53. The summed E-state index contributed by atoms with van der Waals surface area (Å²) in [5.41, 5.74) is 0. The maximum Gasteiger partial charge on any atom is 0.220 e. The normalized spacial score (nSPS) is 31.2. The highest BCUT2D eigenvalue weighted by atomic mass is 16.8. The van der Waals surface area contributed by atoms with Crippen molar-refractivity contribution in [2.75, 3.05) is 26.4 Å². The van der Waals surface area contributed by atoms with Gasteiger partial charge in [0.1, 0.15) is 73.2 Å². The molecule has 0 spiro atoms. The van der Waals surface area contributed by atoms with Crippen LogP contribution in [-0.4, -0.2) is 193 Å². The van der Waals surface area contributed by atoms with E-state index in [-0.39, 0.29) is 18.9 Å². The maximum atomic E-state index is 13.3. The van der Waals surface area contributed by atoms with Crippen LogP contribution in [0.5, 0.6) is 0 Å². The van der Waals surface area contributed by atoms with E-state index in [0.717, 1.165) is 83.5 Å². The number of rotatable bonds is 41. The molecule has 446 valence electrons. The minimum atomic E-state index is -1.98. The number of amides is 1. The van der Waals surface area contributed by atoms with Crippen LogP contribution in [0.15, 0.2) is 60.8 Å². The molecule has 3 aliphatic rings. The molecular formula is C58H101NO18. The lowest BCUT2D eigenvalue weighted by Crippen LogP contribution is -2.66. The fraction of sp³-hybridized carbons (Fsp3) is 0.810. The molecule has 0 aromatic heterocycles. The predicted molar refractivity (Wildman–Crippen MR) is 291 cm³/mol. The van der Waals surface area contributed by atoms with Crippen LogP contribution in [0, 0.1) is 0 Å². The Morgan fingerprint density at radius 2 is 0.870 bits per heavy atom. The van der Waals surface area contributed by atoms with E-state index in [9.17, 15) is 61.0 Å². The second-order valence-electron chi connectivity index (χ2n) is 20.7. The van der Waals surface area contributed by atoms with Gasteiger partial charge in [0.15, 0.2) is 18.9 Å². The van der Waals surface area contributed by atoms with Gasteiger partial charge in [0.2, 0.25) is 5.91 Å². The monoisotopic (exact) mass is 1100 g/mol. The number of aliphatic hydroxyl groups excluding tert-OH is 11. The second kappa shape index (κ2) is 41.5. The molecule has 0 radical (unpaired) electrons. The summed E-state index contributed by atoms with van der Waals surface area (Å²) in [6.45, 7) is 1.62. The third-order valence-corrected chi connectivity index (χ3v) is 14.3. The van der Waals surface area contributed by atoms with Gasteiger partial charge < -0.3 is 89.9 Å². The van der Waals surface area contributed by atoms with Crippen LogP contribution >= 0.6 is 0 Å². The van der Waals surface area contributed by atoms with Crippen LogP contribution in [0.25, 0.3) is 0 Å². The van der Waals surface area contributed by atoms with E-state index >= 15 is 0 Å². The highest BCUT2D eigenvalue weighted by molar-refractivity contribution is 5.76. The van der Waals surface area contributed by atoms with E-state index in [4.69, 9.17) is 28.4 Å². The van der Waals surface area contributed by atoms with Crippen molar-refractivity contribution in [3.63, 3.8) is 0 Å². The summed E-state index contributed by atoms with van der Waals surface area (Å²) >= 11 is 0. The smallest absolute Gasteiger partial charge is 0.220 e. The van der Waals surface area contributed by atoms with Gasteiger partial charge in [-0.25, -0.2) is 0 Å². The van der Waals surface area contributed by atoms with Crippen LogP contribution in [0.1, 0.15) is 168 Å². The number of hydrogen-bond acceptors (Lipinski definition) is 18. The zero-order valence-electron chi connectivity index (χ0n) is 46.2. The van der Waals surface area contributed by atoms with Crippen LogP contribution < -0.4 is 5.32 Å². The van der Waals surface area contributed by atoms with Gasteiger partial charge in [-0.05, 0) is 77.0 Å². The third kappa shape index (κ3) is 25.9. The van der Waals surface area contributed by atoms with E-state index in [1.807, 2.05) is 6.08 Å². The first kappa shape index (κ1) is 68.8. The van der Waals surface area contributed by atoms with Gasteiger partial charge in [0.05, 0.1) is 38.6 Å². The summed E-state index contributed by atoms with van der Waals surface area (Å²) in [6, 6.07) is -1.00. The molecular weight excluding hydrogens is 999 g/mol. The molecule has 12 N–H and O–H groups in total. The third-order valence-electron chi connectivity index (χ3n) is 14.3. The number of carbonyl (C=O) groups excluding carboxylic acids is 1. The van der Waals surface area contributed by atoms with E-state index in [1.165, 1.54) is 51.4 Å². The topological polar surface area (TPSA) is 307 Å². The number of carbonyl (C=O) groups is 1. The first-order chi connectivity index (χ1) is 37.3. The zero-order chi connectivity index (χ0) is 56.2. The summed E-state index contributed by atoms with van der Waals surface area (Å²) in [4.78, 5) is 13.3. The van der Waals surface area contributed by atoms with Gasteiger partial charge in [0, 0.05) is 6.42 Å². The predicted octanol–water partition coefficient (Wildman–Crippen LogP) is 4.48. The lowest BCUT2D eigenvalue weighted by atomic mass is 9.96.